The highest BCUT2D eigenvalue weighted by molar-refractivity contribution is 8.00. The van der Waals surface area contributed by atoms with Crippen molar-refractivity contribution in [2.45, 2.75) is 5.37 Å². The number of hydrogen-bond donors (Lipinski definition) is 0. The molecule has 0 N–H and O–H groups in total. The fourth-order valence-electron chi connectivity index (χ4n) is 4.02. The first-order valence-electron chi connectivity index (χ1n) is 10.1. The molecule has 0 bridgehead atoms. The maximum atomic E-state index is 13.1. The van der Waals surface area contributed by atoms with Crippen molar-refractivity contribution in [3.05, 3.63) is 89.4 Å². The van der Waals surface area contributed by atoms with Crippen molar-refractivity contribution < 1.29 is 4.79 Å². The van der Waals surface area contributed by atoms with Crippen LogP contribution in [0.4, 0.5) is 5.95 Å². The van der Waals surface area contributed by atoms with Crippen molar-refractivity contribution in [2.24, 2.45) is 0 Å². The Morgan fingerprint density at radius 3 is 2.47 bits per heavy atom. The van der Waals surface area contributed by atoms with E-state index in [1.807, 2.05) is 83.3 Å². The van der Waals surface area contributed by atoms with Crippen LogP contribution >= 0.6 is 23.4 Å². The summed E-state index contributed by atoms with van der Waals surface area (Å²) in [5.74, 6) is 1.51. The number of halogens is 1. The van der Waals surface area contributed by atoms with Crippen molar-refractivity contribution in [3.63, 3.8) is 0 Å². The van der Waals surface area contributed by atoms with E-state index in [-0.39, 0.29) is 11.3 Å². The second kappa shape index (κ2) is 7.62. The van der Waals surface area contributed by atoms with Gasteiger partial charge in [-0.3, -0.25) is 9.69 Å². The number of rotatable bonds is 3. The number of carbonyl (C=O) groups is 1. The summed E-state index contributed by atoms with van der Waals surface area (Å²) in [4.78, 5) is 19.7. The van der Waals surface area contributed by atoms with Gasteiger partial charge in [0.2, 0.25) is 11.9 Å². The molecule has 1 aliphatic heterocycles. The van der Waals surface area contributed by atoms with E-state index in [1.54, 1.807) is 16.7 Å². The number of hydrogen-bond acceptors (Lipinski definition) is 5. The van der Waals surface area contributed by atoms with Crippen LogP contribution in [0, 0.1) is 0 Å². The molecule has 1 unspecified atom stereocenters. The summed E-state index contributed by atoms with van der Waals surface area (Å²) < 4.78 is 1.89. The lowest BCUT2D eigenvalue weighted by Crippen LogP contribution is -2.30. The summed E-state index contributed by atoms with van der Waals surface area (Å²) in [6.45, 7) is 0. The van der Waals surface area contributed by atoms with Crippen LogP contribution in [0.5, 0.6) is 0 Å². The van der Waals surface area contributed by atoms with Crippen LogP contribution in [0.1, 0.15) is 10.9 Å². The number of nitrogens with zero attached hydrogens (tertiary/aromatic N) is 5. The zero-order valence-corrected chi connectivity index (χ0v) is 18.3. The maximum Gasteiger partial charge on any atom is 0.241 e. The van der Waals surface area contributed by atoms with Crippen LogP contribution in [0.2, 0.25) is 5.02 Å². The molecule has 1 atom stereocenters. The Balaban J connectivity index is 1.62. The van der Waals surface area contributed by atoms with Gasteiger partial charge < -0.3 is 0 Å². The molecular formula is C24H16ClN5OS. The van der Waals surface area contributed by atoms with E-state index >= 15 is 0 Å². The van der Waals surface area contributed by atoms with E-state index in [0.717, 1.165) is 22.0 Å². The number of thioether (sulfide) groups is 1. The first-order chi connectivity index (χ1) is 15.7. The summed E-state index contributed by atoms with van der Waals surface area (Å²) >= 11 is 7.64. The Bertz CT molecular complexity index is 1470. The van der Waals surface area contributed by atoms with Gasteiger partial charge in [0.25, 0.3) is 0 Å². The molecule has 0 aliphatic carbocycles. The average Bonchev–Trinajstić information content (AvgIpc) is 3.43. The van der Waals surface area contributed by atoms with Crippen molar-refractivity contribution in [1.82, 2.24) is 19.6 Å². The molecule has 0 saturated carbocycles. The minimum atomic E-state index is -0.220. The molecule has 6 nitrogen and oxygen atoms in total. The van der Waals surface area contributed by atoms with Gasteiger partial charge in [-0.2, -0.15) is 0 Å². The molecule has 156 valence electrons. The SMILES string of the molecule is O=C1CSC(c2ccc(Cl)cc2)N1c1nnc2c3ccccc3nc(-c3ccccc3)n12. The van der Waals surface area contributed by atoms with Crippen LogP contribution in [0.3, 0.4) is 0 Å². The molecule has 2 aromatic heterocycles. The number of carbonyl (C=O) groups excluding carboxylic acids is 1. The maximum absolute atomic E-state index is 13.1. The van der Waals surface area contributed by atoms with Gasteiger partial charge in [-0.15, -0.1) is 22.0 Å². The zero-order valence-electron chi connectivity index (χ0n) is 16.7. The Hall–Kier alpha value is -3.42. The highest BCUT2D eigenvalue weighted by atomic mass is 35.5. The lowest BCUT2D eigenvalue weighted by molar-refractivity contribution is -0.115. The Morgan fingerprint density at radius 2 is 1.66 bits per heavy atom. The van der Waals surface area contributed by atoms with E-state index in [9.17, 15) is 4.79 Å². The van der Waals surface area contributed by atoms with Gasteiger partial charge in [0.05, 0.1) is 11.3 Å². The summed E-state index contributed by atoms with van der Waals surface area (Å²) in [6.07, 6.45) is 0. The summed E-state index contributed by atoms with van der Waals surface area (Å²) in [5.41, 5.74) is 3.40. The van der Waals surface area contributed by atoms with Gasteiger partial charge >= 0.3 is 0 Å². The highest BCUT2D eigenvalue weighted by Gasteiger charge is 2.37. The number of benzene rings is 3. The van der Waals surface area contributed by atoms with Crippen LogP contribution in [0.15, 0.2) is 78.9 Å². The minimum Gasteiger partial charge on any atom is -0.273 e. The van der Waals surface area contributed by atoms with Crippen molar-refractivity contribution >= 4 is 51.8 Å². The molecule has 5 aromatic rings. The lowest BCUT2D eigenvalue weighted by atomic mass is 10.2. The van der Waals surface area contributed by atoms with Crippen LogP contribution in [-0.2, 0) is 4.79 Å². The molecule has 3 heterocycles. The Morgan fingerprint density at radius 1 is 0.906 bits per heavy atom. The van der Waals surface area contributed by atoms with E-state index < -0.39 is 0 Å². The van der Waals surface area contributed by atoms with Gasteiger partial charge in [-0.25, -0.2) is 9.38 Å². The predicted molar refractivity (Wildman–Crippen MR) is 128 cm³/mol. The third-order valence-corrected chi connectivity index (χ3v) is 6.96. The van der Waals surface area contributed by atoms with Gasteiger partial charge in [-0.05, 0) is 29.8 Å². The molecule has 6 rings (SSSR count). The molecule has 3 aromatic carbocycles. The second-order valence-corrected chi connectivity index (χ2v) is 8.96. The number of amides is 1. The minimum absolute atomic E-state index is 0.0172. The van der Waals surface area contributed by atoms with E-state index in [1.165, 1.54) is 0 Å². The molecule has 0 spiro atoms. The monoisotopic (exact) mass is 457 g/mol. The number of anilines is 1. The largest absolute Gasteiger partial charge is 0.273 e. The molecule has 32 heavy (non-hydrogen) atoms. The smallest absolute Gasteiger partial charge is 0.241 e. The first kappa shape index (κ1) is 19.3. The zero-order chi connectivity index (χ0) is 21.7. The third-order valence-electron chi connectivity index (χ3n) is 5.50. The molecule has 8 heteroatoms. The van der Waals surface area contributed by atoms with E-state index in [4.69, 9.17) is 16.6 Å². The highest BCUT2D eigenvalue weighted by Crippen LogP contribution is 2.42. The van der Waals surface area contributed by atoms with E-state index in [0.29, 0.717) is 28.2 Å². The fourth-order valence-corrected chi connectivity index (χ4v) is 5.30. The quantitative estimate of drug-likeness (QED) is 0.364. The molecule has 1 aliphatic rings. The number of fused-ring (bicyclic) bond motifs is 3. The van der Waals surface area contributed by atoms with Crippen LogP contribution in [-0.4, -0.2) is 31.2 Å². The number of aromatic nitrogens is 4. The van der Waals surface area contributed by atoms with Gasteiger partial charge in [0, 0.05) is 16.0 Å². The molecule has 1 fully saturated rings. The Labute approximate surface area is 192 Å². The normalized spacial score (nSPS) is 16.3. The third kappa shape index (κ3) is 3.04. The van der Waals surface area contributed by atoms with Gasteiger partial charge in [0.1, 0.15) is 11.2 Å². The van der Waals surface area contributed by atoms with Crippen molar-refractivity contribution in [1.29, 1.82) is 0 Å². The van der Waals surface area contributed by atoms with E-state index in [2.05, 4.69) is 10.2 Å². The molecule has 0 radical (unpaired) electrons. The second-order valence-electron chi connectivity index (χ2n) is 7.46. The van der Waals surface area contributed by atoms with Gasteiger partial charge in [-0.1, -0.05) is 66.2 Å². The van der Waals surface area contributed by atoms with Gasteiger partial charge in [0.15, 0.2) is 5.65 Å². The first-order valence-corrected chi connectivity index (χ1v) is 11.5. The standard InChI is InChI=1S/C24H16ClN5OS/c25-17-12-10-16(11-13-17)23-29(20(31)14-32-23)24-28-27-22-18-8-4-5-9-19(18)26-21(30(22)24)15-6-2-1-3-7-15/h1-13,23H,14H2. The molecular weight excluding hydrogens is 442 g/mol. The van der Waals surface area contributed by atoms with Crippen LogP contribution in [0.25, 0.3) is 27.9 Å². The summed E-state index contributed by atoms with van der Waals surface area (Å²) in [7, 11) is 0. The summed E-state index contributed by atoms with van der Waals surface area (Å²) in [5, 5.41) is 10.3. The lowest BCUT2D eigenvalue weighted by Gasteiger charge is -2.23. The summed E-state index contributed by atoms with van der Waals surface area (Å²) in [6, 6.07) is 25.3. The predicted octanol–water partition coefficient (Wildman–Crippen LogP) is 5.38. The topological polar surface area (TPSA) is 63.4 Å². The van der Waals surface area contributed by atoms with Crippen LogP contribution < -0.4 is 4.90 Å². The van der Waals surface area contributed by atoms with Crippen molar-refractivity contribution in [2.75, 3.05) is 10.7 Å². The fraction of sp³-hybridized carbons (Fsp3) is 0.0833. The van der Waals surface area contributed by atoms with Crippen molar-refractivity contribution in [3.8, 4) is 11.4 Å². The molecule has 1 saturated heterocycles. The average molecular weight is 458 g/mol. The molecule has 1 amide bonds. The Kier molecular flexibility index (Phi) is 4.59. The number of para-hydroxylation sites is 1.